The highest BCUT2D eigenvalue weighted by Crippen LogP contribution is 2.29. The van der Waals surface area contributed by atoms with Gasteiger partial charge in [0.05, 0.1) is 23.3 Å². The third-order valence-electron chi connectivity index (χ3n) is 4.26. The molecule has 0 aliphatic heterocycles. The van der Waals surface area contributed by atoms with Gasteiger partial charge in [0.2, 0.25) is 0 Å². The molecule has 2 rings (SSSR count). The van der Waals surface area contributed by atoms with Gasteiger partial charge < -0.3 is 24.3 Å². The highest BCUT2D eigenvalue weighted by molar-refractivity contribution is 6.42. The summed E-state index contributed by atoms with van der Waals surface area (Å²) >= 11 is 11.9. The lowest BCUT2D eigenvalue weighted by Crippen LogP contribution is -2.41. The van der Waals surface area contributed by atoms with E-state index in [-0.39, 0.29) is 18.6 Å². The number of nitrogens with one attached hydrogen (secondary N) is 1. The molecule has 0 fully saturated rings. The van der Waals surface area contributed by atoms with Crippen molar-refractivity contribution < 1.29 is 23.7 Å². The molecule has 31 heavy (non-hydrogen) atoms. The standard InChI is InChI=1S/C23H29Cl2NO5/c1-5-29-22(14-30-17-7-8-18(24)19(25)13-17)23(27)26-11-10-16-6-9-20(31-15(2)3)21(12-16)28-4/h6-9,12-13,15,22H,5,10-11,14H2,1-4H3,(H,26,27)/t22-/m1/s1. The average molecular weight is 470 g/mol. The van der Waals surface area contributed by atoms with E-state index >= 15 is 0 Å². The number of rotatable bonds is 12. The largest absolute Gasteiger partial charge is 0.493 e. The van der Waals surface area contributed by atoms with Gasteiger partial charge in [0.15, 0.2) is 17.6 Å². The molecule has 2 aromatic rings. The Morgan fingerprint density at radius 1 is 1.06 bits per heavy atom. The topological polar surface area (TPSA) is 66.0 Å². The molecule has 0 radical (unpaired) electrons. The van der Waals surface area contributed by atoms with Gasteiger partial charge in [-0.05, 0) is 57.0 Å². The van der Waals surface area contributed by atoms with Crippen molar-refractivity contribution in [2.24, 2.45) is 0 Å². The minimum absolute atomic E-state index is 0.0562. The molecule has 0 saturated carbocycles. The van der Waals surface area contributed by atoms with Gasteiger partial charge in [0.1, 0.15) is 12.4 Å². The molecular formula is C23H29Cl2NO5. The minimum atomic E-state index is -0.740. The number of hydrogen-bond acceptors (Lipinski definition) is 5. The monoisotopic (exact) mass is 469 g/mol. The fourth-order valence-electron chi connectivity index (χ4n) is 2.80. The molecule has 0 aromatic heterocycles. The first-order chi connectivity index (χ1) is 14.8. The smallest absolute Gasteiger partial charge is 0.252 e. The number of benzene rings is 2. The summed E-state index contributed by atoms with van der Waals surface area (Å²) in [6, 6.07) is 10.7. The summed E-state index contributed by atoms with van der Waals surface area (Å²) in [6.45, 7) is 6.64. The lowest BCUT2D eigenvalue weighted by atomic mass is 10.1. The van der Waals surface area contributed by atoms with E-state index in [1.807, 2.05) is 39.0 Å². The van der Waals surface area contributed by atoms with Crippen LogP contribution in [0.2, 0.25) is 10.0 Å². The van der Waals surface area contributed by atoms with Crippen LogP contribution in [0.15, 0.2) is 36.4 Å². The number of amides is 1. The Morgan fingerprint density at radius 2 is 1.84 bits per heavy atom. The molecule has 0 bridgehead atoms. The second-order valence-electron chi connectivity index (χ2n) is 7.02. The number of ether oxygens (including phenoxy) is 4. The number of methoxy groups -OCH3 is 1. The maximum atomic E-state index is 12.6. The molecule has 8 heteroatoms. The van der Waals surface area contributed by atoms with E-state index in [4.69, 9.17) is 42.1 Å². The zero-order chi connectivity index (χ0) is 22.8. The molecular weight excluding hydrogens is 441 g/mol. The summed E-state index contributed by atoms with van der Waals surface area (Å²) in [5.41, 5.74) is 1.02. The van der Waals surface area contributed by atoms with Crippen molar-refractivity contribution in [3.05, 3.63) is 52.0 Å². The quantitative estimate of drug-likeness (QED) is 0.477. The first-order valence-electron chi connectivity index (χ1n) is 10.1. The van der Waals surface area contributed by atoms with Crippen LogP contribution in [-0.2, 0) is 16.0 Å². The van der Waals surface area contributed by atoms with E-state index in [2.05, 4.69) is 5.32 Å². The van der Waals surface area contributed by atoms with Crippen molar-refractivity contribution in [1.29, 1.82) is 0 Å². The summed E-state index contributed by atoms with van der Waals surface area (Å²) in [5, 5.41) is 3.72. The van der Waals surface area contributed by atoms with Gasteiger partial charge in [-0.2, -0.15) is 0 Å². The number of halogens is 2. The van der Waals surface area contributed by atoms with E-state index in [1.165, 1.54) is 0 Å². The second kappa shape index (κ2) is 12.6. The molecule has 1 atom stereocenters. The average Bonchev–Trinajstić information content (AvgIpc) is 2.74. The molecule has 0 aliphatic rings. The van der Waals surface area contributed by atoms with E-state index in [9.17, 15) is 4.79 Å². The summed E-state index contributed by atoms with van der Waals surface area (Å²) in [4.78, 5) is 12.6. The molecule has 2 aromatic carbocycles. The SMILES string of the molecule is CCO[C@H](COc1ccc(Cl)c(Cl)c1)C(=O)NCCc1ccc(OC(C)C)c(OC)c1. The summed E-state index contributed by atoms with van der Waals surface area (Å²) < 4.78 is 22.3. The van der Waals surface area contributed by atoms with Gasteiger partial charge in [0.25, 0.3) is 5.91 Å². The minimum Gasteiger partial charge on any atom is -0.493 e. The van der Waals surface area contributed by atoms with Gasteiger partial charge in [-0.3, -0.25) is 4.79 Å². The second-order valence-corrected chi connectivity index (χ2v) is 7.84. The summed E-state index contributed by atoms with van der Waals surface area (Å²) in [6.07, 6.45) is -0.0484. The van der Waals surface area contributed by atoms with Crippen molar-refractivity contribution in [1.82, 2.24) is 5.32 Å². The summed E-state index contributed by atoms with van der Waals surface area (Å²) in [5.74, 6) is 1.64. The molecule has 0 saturated heterocycles. The Labute approximate surface area is 193 Å². The third-order valence-corrected chi connectivity index (χ3v) is 5.00. The molecule has 1 amide bonds. The van der Waals surface area contributed by atoms with Gasteiger partial charge >= 0.3 is 0 Å². The Morgan fingerprint density at radius 3 is 2.48 bits per heavy atom. The lowest BCUT2D eigenvalue weighted by molar-refractivity contribution is -0.134. The van der Waals surface area contributed by atoms with E-state index in [1.54, 1.807) is 25.3 Å². The molecule has 0 spiro atoms. The van der Waals surface area contributed by atoms with E-state index in [0.717, 1.165) is 5.56 Å². The molecule has 0 aliphatic carbocycles. The van der Waals surface area contributed by atoms with Crippen LogP contribution in [-0.4, -0.2) is 45.0 Å². The third kappa shape index (κ3) is 8.13. The maximum absolute atomic E-state index is 12.6. The van der Waals surface area contributed by atoms with Crippen LogP contribution < -0.4 is 19.5 Å². The van der Waals surface area contributed by atoms with Crippen molar-refractivity contribution in [3.8, 4) is 17.2 Å². The van der Waals surface area contributed by atoms with E-state index in [0.29, 0.717) is 46.9 Å². The van der Waals surface area contributed by atoms with Crippen LogP contribution in [0.4, 0.5) is 0 Å². The zero-order valence-electron chi connectivity index (χ0n) is 18.2. The fraction of sp³-hybridized carbons (Fsp3) is 0.435. The van der Waals surface area contributed by atoms with Crippen molar-refractivity contribution >= 4 is 29.1 Å². The number of carbonyl (C=O) groups excluding carboxylic acids is 1. The van der Waals surface area contributed by atoms with Gasteiger partial charge in [-0.15, -0.1) is 0 Å². The molecule has 170 valence electrons. The highest BCUT2D eigenvalue weighted by atomic mass is 35.5. The summed E-state index contributed by atoms with van der Waals surface area (Å²) in [7, 11) is 1.61. The van der Waals surface area contributed by atoms with E-state index < -0.39 is 6.10 Å². The van der Waals surface area contributed by atoms with Crippen LogP contribution >= 0.6 is 23.2 Å². The van der Waals surface area contributed by atoms with Crippen LogP contribution in [0.25, 0.3) is 0 Å². The maximum Gasteiger partial charge on any atom is 0.252 e. The van der Waals surface area contributed by atoms with Gasteiger partial charge in [-0.25, -0.2) is 0 Å². The van der Waals surface area contributed by atoms with Gasteiger partial charge in [0, 0.05) is 19.2 Å². The predicted molar refractivity (Wildman–Crippen MR) is 123 cm³/mol. The Hall–Kier alpha value is -2.15. The number of carbonyl (C=O) groups is 1. The van der Waals surface area contributed by atoms with Crippen LogP contribution in [0.5, 0.6) is 17.2 Å². The molecule has 6 nitrogen and oxygen atoms in total. The first-order valence-corrected chi connectivity index (χ1v) is 10.9. The predicted octanol–water partition coefficient (Wildman–Crippen LogP) is 4.93. The van der Waals surface area contributed by atoms with Crippen molar-refractivity contribution in [2.75, 3.05) is 26.9 Å². The molecule has 1 N–H and O–H groups in total. The van der Waals surface area contributed by atoms with Crippen LogP contribution in [0.3, 0.4) is 0 Å². The van der Waals surface area contributed by atoms with Crippen LogP contribution in [0, 0.1) is 0 Å². The van der Waals surface area contributed by atoms with Crippen LogP contribution in [0.1, 0.15) is 26.3 Å². The first kappa shape index (κ1) is 25.1. The van der Waals surface area contributed by atoms with Crippen molar-refractivity contribution in [3.63, 3.8) is 0 Å². The fourth-order valence-corrected chi connectivity index (χ4v) is 3.09. The normalized spacial score (nSPS) is 11.8. The Balaban J connectivity index is 1.88. The highest BCUT2D eigenvalue weighted by Gasteiger charge is 2.19. The lowest BCUT2D eigenvalue weighted by Gasteiger charge is -2.18. The van der Waals surface area contributed by atoms with Gasteiger partial charge in [-0.1, -0.05) is 29.3 Å². The molecule has 0 heterocycles. The zero-order valence-corrected chi connectivity index (χ0v) is 19.8. The van der Waals surface area contributed by atoms with Crippen molar-refractivity contribution in [2.45, 2.75) is 39.4 Å². The number of hydrogen-bond donors (Lipinski definition) is 1. The molecule has 0 unspecified atom stereocenters. The Bertz CT molecular complexity index is 860. The Kier molecular flexibility index (Phi) is 10.2.